The molecule has 21 heavy (non-hydrogen) atoms. The van der Waals surface area contributed by atoms with E-state index in [2.05, 4.69) is 5.32 Å². The molecule has 0 fully saturated rings. The van der Waals surface area contributed by atoms with Gasteiger partial charge in [-0.1, -0.05) is 0 Å². The van der Waals surface area contributed by atoms with E-state index in [1.54, 1.807) is 20.8 Å². The molecule has 1 N–H and O–H groups in total. The van der Waals surface area contributed by atoms with Crippen LogP contribution in [0.3, 0.4) is 0 Å². The molecular formula is C14H17F2NO4. The highest BCUT2D eigenvalue weighted by Crippen LogP contribution is 2.16. The Kier molecular flexibility index (Phi) is 5.23. The maximum atomic E-state index is 13.0. The second kappa shape index (κ2) is 6.51. The largest absolute Gasteiger partial charge is 0.444 e. The van der Waals surface area contributed by atoms with Crippen molar-refractivity contribution in [1.29, 1.82) is 0 Å². The molecule has 0 spiro atoms. The molecule has 1 atom stereocenters. The van der Waals surface area contributed by atoms with Crippen LogP contribution >= 0.6 is 0 Å². The first-order valence-corrected chi connectivity index (χ1v) is 6.24. The lowest BCUT2D eigenvalue weighted by atomic mass is 10.2. The molecular weight excluding hydrogens is 284 g/mol. The number of benzene rings is 1. The van der Waals surface area contributed by atoms with Crippen molar-refractivity contribution in [1.82, 2.24) is 5.32 Å². The van der Waals surface area contributed by atoms with Gasteiger partial charge in [-0.25, -0.2) is 18.4 Å². The number of amides is 1. The molecule has 0 unspecified atom stereocenters. The fourth-order valence-corrected chi connectivity index (χ4v) is 1.34. The van der Waals surface area contributed by atoms with Gasteiger partial charge in [-0.15, -0.1) is 0 Å². The number of ether oxygens (including phenoxy) is 2. The Morgan fingerprint density at radius 1 is 1.14 bits per heavy atom. The van der Waals surface area contributed by atoms with Crippen molar-refractivity contribution in [2.75, 3.05) is 0 Å². The number of carbonyl (C=O) groups is 2. The number of rotatable bonds is 3. The average molecular weight is 301 g/mol. The quantitative estimate of drug-likeness (QED) is 0.688. The zero-order chi connectivity index (χ0) is 16.2. The van der Waals surface area contributed by atoms with Gasteiger partial charge in [0.1, 0.15) is 29.0 Å². The van der Waals surface area contributed by atoms with Crippen molar-refractivity contribution >= 4 is 12.1 Å². The Morgan fingerprint density at radius 3 is 2.14 bits per heavy atom. The lowest BCUT2D eigenvalue weighted by molar-refractivity contribution is -0.136. The summed E-state index contributed by atoms with van der Waals surface area (Å²) in [5.41, 5.74) is -0.709. The summed E-state index contributed by atoms with van der Waals surface area (Å²) in [5.74, 6) is -2.89. The molecule has 0 saturated carbocycles. The summed E-state index contributed by atoms with van der Waals surface area (Å²) in [5, 5.41) is 2.26. The minimum absolute atomic E-state index is 0.282. The summed E-state index contributed by atoms with van der Waals surface area (Å²) >= 11 is 0. The van der Waals surface area contributed by atoms with Gasteiger partial charge in [-0.2, -0.15) is 0 Å². The predicted octanol–water partition coefficient (Wildman–Crippen LogP) is 2.78. The van der Waals surface area contributed by atoms with E-state index in [0.717, 1.165) is 12.1 Å². The van der Waals surface area contributed by atoms with Gasteiger partial charge in [0.05, 0.1) is 0 Å². The van der Waals surface area contributed by atoms with Crippen LogP contribution in [0.2, 0.25) is 0 Å². The lowest BCUT2D eigenvalue weighted by Crippen LogP contribution is -2.43. The highest BCUT2D eigenvalue weighted by molar-refractivity contribution is 5.82. The third-order valence-electron chi connectivity index (χ3n) is 2.14. The van der Waals surface area contributed by atoms with E-state index in [1.807, 2.05) is 0 Å². The molecule has 0 aliphatic carbocycles. The number of carbonyl (C=O) groups excluding carboxylic acids is 2. The van der Waals surface area contributed by atoms with E-state index in [0.29, 0.717) is 6.07 Å². The average Bonchev–Trinajstić information content (AvgIpc) is 2.24. The number of hydrogen-bond acceptors (Lipinski definition) is 4. The molecule has 0 aromatic heterocycles. The van der Waals surface area contributed by atoms with E-state index in [-0.39, 0.29) is 5.75 Å². The van der Waals surface area contributed by atoms with E-state index in [1.165, 1.54) is 6.92 Å². The normalized spacial score (nSPS) is 12.5. The van der Waals surface area contributed by atoms with Gasteiger partial charge in [0, 0.05) is 18.2 Å². The van der Waals surface area contributed by atoms with Crippen LogP contribution in [0.1, 0.15) is 27.7 Å². The Balaban J connectivity index is 2.60. The SMILES string of the molecule is C[C@H](NC(=O)OC(C)(C)C)C(=O)Oc1cc(F)cc(F)c1. The van der Waals surface area contributed by atoms with Gasteiger partial charge in [0.15, 0.2) is 0 Å². The number of halogens is 2. The van der Waals surface area contributed by atoms with Crippen LogP contribution in [0, 0.1) is 11.6 Å². The highest BCUT2D eigenvalue weighted by Gasteiger charge is 2.22. The van der Waals surface area contributed by atoms with Gasteiger partial charge in [-0.3, -0.25) is 0 Å². The van der Waals surface area contributed by atoms with Crippen molar-refractivity contribution in [3.8, 4) is 5.75 Å². The summed E-state index contributed by atoms with van der Waals surface area (Å²) in [6.45, 7) is 6.38. The highest BCUT2D eigenvalue weighted by atomic mass is 19.1. The zero-order valence-electron chi connectivity index (χ0n) is 12.2. The summed E-state index contributed by atoms with van der Waals surface area (Å²) in [4.78, 5) is 23.2. The van der Waals surface area contributed by atoms with Crippen molar-refractivity contribution in [2.24, 2.45) is 0 Å². The molecule has 116 valence electrons. The van der Waals surface area contributed by atoms with Crippen LogP contribution in [0.15, 0.2) is 18.2 Å². The Hall–Kier alpha value is -2.18. The number of hydrogen-bond donors (Lipinski definition) is 1. The predicted molar refractivity (Wildman–Crippen MR) is 70.8 cm³/mol. The molecule has 0 heterocycles. The van der Waals surface area contributed by atoms with E-state index in [4.69, 9.17) is 9.47 Å². The standard InChI is InChI=1S/C14H17F2NO4/c1-8(17-13(19)21-14(2,3)4)12(18)20-11-6-9(15)5-10(16)7-11/h5-8H,1-4H3,(H,17,19)/t8-/m0/s1. The second-order valence-corrected chi connectivity index (χ2v) is 5.39. The molecule has 0 saturated heterocycles. The van der Waals surface area contributed by atoms with Crippen molar-refractivity contribution < 1.29 is 27.8 Å². The van der Waals surface area contributed by atoms with Crippen LogP contribution in [0.25, 0.3) is 0 Å². The van der Waals surface area contributed by atoms with E-state index in [9.17, 15) is 18.4 Å². The maximum Gasteiger partial charge on any atom is 0.408 e. The fraction of sp³-hybridized carbons (Fsp3) is 0.429. The van der Waals surface area contributed by atoms with Crippen molar-refractivity contribution in [3.63, 3.8) is 0 Å². The molecule has 1 rings (SSSR count). The van der Waals surface area contributed by atoms with Gasteiger partial charge in [0.25, 0.3) is 0 Å². The molecule has 1 amide bonds. The summed E-state index contributed by atoms with van der Waals surface area (Å²) in [6.07, 6.45) is -0.794. The molecule has 0 radical (unpaired) electrons. The molecule has 0 bridgehead atoms. The zero-order valence-corrected chi connectivity index (χ0v) is 12.2. The molecule has 7 heteroatoms. The minimum atomic E-state index is -1.04. The number of esters is 1. The lowest BCUT2D eigenvalue weighted by Gasteiger charge is -2.21. The van der Waals surface area contributed by atoms with Gasteiger partial charge in [0.2, 0.25) is 0 Å². The number of nitrogens with one attached hydrogen (secondary N) is 1. The first-order valence-electron chi connectivity index (χ1n) is 6.24. The van der Waals surface area contributed by atoms with Crippen LogP contribution in [0.5, 0.6) is 5.75 Å². The monoisotopic (exact) mass is 301 g/mol. The topological polar surface area (TPSA) is 64.6 Å². The van der Waals surface area contributed by atoms with Gasteiger partial charge in [-0.05, 0) is 27.7 Å². The van der Waals surface area contributed by atoms with Crippen molar-refractivity contribution in [3.05, 3.63) is 29.8 Å². The van der Waals surface area contributed by atoms with E-state index < -0.39 is 35.3 Å². The van der Waals surface area contributed by atoms with Crippen LogP contribution in [0.4, 0.5) is 13.6 Å². The molecule has 1 aromatic carbocycles. The minimum Gasteiger partial charge on any atom is -0.444 e. The molecule has 0 aliphatic rings. The summed E-state index contributed by atoms with van der Waals surface area (Å²) in [6, 6.07) is 1.34. The second-order valence-electron chi connectivity index (χ2n) is 5.39. The Morgan fingerprint density at radius 2 is 1.67 bits per heavy atom. The van der Waals surface area contributed by atoms with Gasteiger partial charge < -0.3 is 14.8 Å². The number of alkyl carbamates (subject to hydrolysis) is 1. The van der Waals surface area contributed by atoms with Crippen molar-refractivity contribution in [2.45, 2.75) is 39.3 Å². The Bertz CT molecular complexity index is 520. The van der Waals surface area contributed by atoms with Gasteiger partial charge >= 0.3 is 12.1 Å². The third-order valence-corrected chi connectivity index (χ3v) is 2.14. The molecule has 0 aliphatic heterocycles. The van der Waals surface area contributed by atoms with Crippen LogP contribution < -0.4 is 10.1 Å². The third kappa shape index (κ3) is 6.20. The van der Waals surface area contributed by atoms with Crippen LogP contribution in [-0.2, 0) is 9.53 Å². The fourth-order valence-electron chi connectivity index (χ4n) is 1.34. The Labute approximate surface area is 121 Å². The smallest absolute Gasteiger partial charge is 0.408 e. The molecule has 1 aromatic rings. The van der Waals surface area contributed by atoms with Crippen LogP contribution in [-0.4, -0.2) is 23.7 Å². The van der Waals surface area contributed by atoms with E-state index >= 15 is 0 Å². The first-order chi connectivity index (χ1) is 9.56. The summed E-state index contributed by atoms with van der Waals surface area (Å²) in [7, 11) is 0. The maximum absolute atomic E-state index is 13.0. The molecule has 5 nitrogen and oxygen atoms in total. The first kappa shape index (κ1) is 16.9. The summed E-state index contributed by atoms with van der Waals surface area (Å²) < 4.78 is 35.7.